The van der Waals surface area contributed by atoms with Gasteiger partial charge in [-0.1, -0.05) is 23.8 Å². The number of ether oxygens (including phenoxy) is 1. The number of carbonyl (C=O) groups excluding carboxylic acids is 3. The van der Waals surface area contributed by atoms with Crippen LogP contribution in [0.1, 0.15) is 39.1 Å². The number of nitrogens with one attached hydrogen (secondary N) is 1. The summed E-state index contributed by atoms with van der Waals surface area (Å²) in [4.78, 5) is 45.1. The van der Waals surface area contributed by atoms with Crippen LogP contribution in [0, 0.1) is 12.7 Å². The van der Waals surface area contributed by atoms with Gasteiger partial charge in [0.15, 0.2) is 0 Å². The Morgan fingerprint density at radius 2 is 1.72 bits per heavy atom. The zero-order chi connectivity index (χ0) is 25.9. The van der Waals surface area contributed by atoms with Crippen molar-refractivity contribution >= 4 is 17.7 Å². The van der Waals surface area contributed by atoms with Gasteiger partial charge in [0.2, 0.25) is 5.91 Å². The average molecular weight is 497 g/mol. The lowest BCUT2D eigenvalue weighted by Crippen LogP contribution is -2.60. The third-order valence-corrected chi connectivity index (χ3v) is 6.81. The number of likely N-dealkylation sites (N-methyl/N-ethyl adjacent to an activating group) is 1. The number of nitrogens with zero attached hydrogens (tertiary/aromatic N) is 3. The van der Waals surface area contributed by atoms with E-state index >= 15 is 0 Å². The zero-order valence-electron chi connectivity index (χ0n) is 21.0. The number of aryl methyl sites for hydroxylation is 1. The van der Waals surface area contributed by atoms with Gasteiger partial charge in [-0.05, 0) is 51.4 Å². The molecule has 2 aromatic rings. The molecule has 192 valence electrons. The number of hydrogen-bond donors (Lipinski definition) is 1. The maximum atomic E-state index is 13.8. The van der Waals surface area contributed by atoms with Gasteiger partial charge in [-0.25, -0.2) is 4.39 Å². The molecule has 0 aliphatic carbocycles. The van der Waals surface area contributed by atoms with Gasteiger partial charge in [0.1, 0.15) is 17.6 Å². The Balaban J connectivity index is 1.55. The van der Waals surface area contributed by atoms with E-state index in [0.717, 1.165) is 5.56 Å². The molecule has 1 spiro atoms. The molecule has 2 aliphatic rings. The lowest BCUT2D eigenvalue weighted by Gasteiger charge is -2.44. The summed E-state index contributed by atoms with van der Waals surface area (Å²) in [6, 6.07) is 12.1. The number of likely N-dealkylation sites (tertiary alicyclic amines) is 1. The van der Waals surface area contributed by atoms with Crippen molar-refractivity contribution in [3.63, 3.8) is 0 Å². The van der Waals surface area contributed by atoms with E-state index in [0.29, 0.717) is 44.6 Å². The van der Waals surface area contributed by atoms with E-state index in [9.17, 15) is 18.8 Å². The van der Waals surface area contributed by atoms with Crippen LogP contribution in [0.3, 0.4) is 0 Å². The molecule has 2 fully saturated rings. The average Bonchev–Trinajstić information content (AvgIpc) is 3.22. The fraction of sp³-hybridized carbons (Fsp3) is 0.444. The summed E-state index contributed by atoms with van der Waals surface area (Å²) in [7, 11) is 3.85. The molecule has 2 aromatic carbocycles. The first kappa shape index (κ1) is 25.8. The monoisotopic (exact) mass is 496 g/mol. The van der Waals surface area contributed by atoms with E-state index in [1.807, 2.05) is 38.1 Å². The molecular formula is C27H33FN4O4. The molecule has 0 unspecified atom stereocenters. The maximum Gasteiger partial charge on any atom is 0.256 e. The Kier molecular flexibility index (Phi) is 7.70. The van der Waals surface area contributed by atoms with Gasteiger partial charge in [0.25, 0.3) is 11.8 Å². The molecule has 0 saturated carbocycles. The van der Waals surface area contributed by atoms with E-state index in [1.54, 1.807) is 28.0 Å². The summed E-state index contributed by atoms with van der Waals surface area (Å²) in [6.07, 6.45) is 0.709. The molecule has 1 N–H and O–H groups in total. The number of rotatable bonds is 6. The molecular weight excluding hydrogens is 463 g/mol. The molecule has 36 heavy (non-hydrogen) atoms. The van der Waals surface area contributed by atoms with Gasteiger partial charge >= 0.3 is 0 Å². The van der Waals surface area contributed by atoms with Crippen molar-refractivity contribution < 1.29 is 23.5 Å². The normalized spacial score (nSPS) is 19.1. The third kappa shape index (κ3) is 5.42. The fourth-order valence-corrected chi connectivity index (χ4v) is 4.87. The second-order valence-electron chi connectivity index (χ2n) is 9.71. The second-order valence-corrected chi connectivity index (χ2v) is 9.71. The third-order valence-electron chi connectivity index (χ3n) is 6.81. The van der Waals surface area contributed by atoms with E-state index in [-0.39, 0.29) is 29.9 Å². The molecule has 9 heteroatoms. The minimum Gasteiger partial charge on any atom is -0.353 e. The molecule has 0 bridgehead atoms. The molecule has 2 aliphatic heterocycles. The largest absolute Gasteiger partial charge is 0.353 e. The van der Waals surface area contributed by atoms with Gasteiger partial charge in [-0.15, -0.1) is 0 Å². The summed E-state index contributed by atoms with van der Waals surface area (Å²) < 4.78 is 19.9. The molecule has 1 atom stereocenters. The minimum atomic E-state index is -0.997. The smallest absolute Gasteiger partial charge is 0.256 e. The predicted octanol–water partition coefficient (Wildman–Crippen LogP) is 2.29. The quantitative estimate of drug-likeness (QED) is 0.664. The summed E-state index contributed by atoms with van der Waals surface area (Å²) in [5.74, 6) is -1.26. The highest BCUT2D eigenvalue weighted by molar-refractivity contribution is 5.99. The van der Waals surface area contributed by atoms with Gasteiger partial charge < -0.3 is 19.9 Å². The van der Waals surface area contributed by atoms with Crippen molar-refractivity contribution in [3.05, 3.63) is 71.0 Å². The van der Waals surface area contributed by atoms with Crippen LogP contribution < -0.4 is 5.32 Å². The van der Waals surface area contributed by atoms with Crippen molar-refractivity contribution in [2.75, 3.05) is 46.9 Å². The first-order chi connectivity index (χ1) is 17.2. The van der Waals surface area contributed by atoms with Crippen LogP contribution in [-0.4, -0.2) is 91.1 Å². The highest BCUT2D eigenvalue weighted by Crippen LogP contribution is 2.39. The number of halogens is 1. The van der Waals surface area contributed by atoms with Crippen LogP contribution in [0.2, 0.25) is 0 Å². The van der Waals surface area contributed by atoms with Gasteiger partial charge in [0.05, 0.1) is 6.61 Å². The van der Waals surface area contributed by atoms with Crippen LogP contribution in [-0.2, 0) is 9.53 Å². The van der Waals surface area contributed by atoms with Crippen LogP contribution in [0.15, 0.2) is 48.5 Å². The first-order valence-electron chi connectivity index (χ1n) is 12.2. The maximum absolute atomic E-state index is 13.8. The molecule has 4 rings (SSSR count). The molecule has 3 amide bonds. The van der Waals surface area contributed by atoms with Crippen LogP contribution >= 0.6 is 0 Å². The Morgan fingerprint density at radius 3 is 2.36 bits per heavy atom. The van der Waals surface area contributed by atoms with Crippen molar-refractivity contribution in [3.8, 4) is 0 Å². The summed E-state index contributed by atoms with van der Waals surface area (Å²) in [6.45, 7) is 3.77. The number of hydrogen-bond acceptors (Lipinski definition) is 5. The van der Waals surface area contributed by atoms with Crippen molar-refractivity contribution in [1.29, 1.82) is 0 Å². The number of piperidine rings is 1. The Morgan fingerprint density at radius 1 is 1.06 bits per heavy atom. The first-order valence-corrected chi connectivity index (χ1v) is 12.2. The lowest BCUT2D eigenvalue weighted by atomic mass is 9.95. The molecule has 8 nitrogen and oxygen atoms in total. The number of amides is 3. The Hall–Kier alpha value is -3.30. The van der Waals surface area contributed by atoms with E-state index in [2.05, 4.69) is 5.32 Å². The van der Waals surface area contributed by atoms with Crippen LogP contribution in [0.25, 0.3) is 0 Å². The SMILES string of the molecule is Cc1cccc(C(=O)N2[C@H](C(=O)NCCN(C)C)COC23CCN(C(=O)c2cccc(F)c2)CC3)c1. The van der Waals surface area contributed by atoms with Gasteiger partial charge in [0, 0.05) is 50.1 Å². The zero-order valence-corrected chi connectivity index (χ0v) is 21.0. The molecule has 2 saturated heterocycles. The summed E-state index contributed by atoms with van der Waals surface area (Å²) in [5, 5.41) is 2.92. The van der Waals surface area contributed by atoms with Crippen LogP contribution in [0.5, 0.6) is 0 Å². The van der Waals surface area contributed by atoms with Gasteiger partial charge in [-0.2, -0.15) is 0 Å². The number of benzene rings is 2. The van der Waals surface area contributed by atoms with Crippen LogP contribution in [0.4, 0.5) is 4.39 Å². The van der Waals surface area contributed by atoms with E-state index in [1.165, 1.54) is 18.2 Å². The highest BCUT2D eigenvalue weighted by atomic mass is 19.1. The second kappa shape index (κ2) is 10.8. The predicted molar refractivity (Wildman–Crippen MR) is 133 cm³/mol. The van der Waals surface area contributed by atoms with Crippen molar-refractivity contribution in [1.82, 2.24) is 20.0 Å². The van der Waals surface area contributed by atoms with Gasteiger partial charge in [-0.3, -0.25) is 19.3 Å². The summed E-state index contributed by atoms with van der Waals surface area (Å²) >= 11 is 0. The topological polar surface area (TPSA) is 82.2 Å². The van der Waals surface area contributed by atoms with Crippen molar-refractivity contribution in [2.45, 2.75) is 31.5 Å². The molecule has 0 radical (unpaired) electrons. The fourth-order valence-electron chi connectivity index (χ4n) is 4.87. The highest BCUT2D eigenvalue weighted by Gasteiger charge is 2.54. The Labute approximate surface area is 211 Å². The standard InChI is InChI=1S/C27H33FN4O4/c1-19-6-4-7-20(16-19)26(35)32-23(24(33)29-12-15-30(2)3)18-36-27(32)10-13-31(14-11-27)25(34)21-8-5-9-22(28)17-21/h4-9,16-17,23H,10-15,18H2,1-3H3,(H,29,33)/t23-/m0/s1. The van der Waals surface area contributed by atoms with E-state index < -0.39 is 17.6 Å². The Bertz CT molecular complexity index is 1130. The minimum absolute atomic E-state index is 0.0865. The van der Waals surface area contributed by atoms with Crippen molar-refractivity contribution in [2.24, 2.45) is 0 Å². The summed E-state index contributed by atoms with van der Waals surface area (Å²) in [5.41, 5.74) is 0.717. The lowest BCUT2D eigenvalue weighted by molar-refractivity contribution is -0.128. The molecule has 2 heterocycles. The molecule has 0 aromatic heterocycles. The number of carbonyl (C=O) groups is 3. The van der Waals surface area contributed by atoms with E-state index in [4.69, 9.17) is 4.74 Å².